The van der Waals surface area contributed by atoms with Crippen LogP contribution in [0, 0.1) is 0 Å². The van der Waals surface area contributed by atoms with Gasteiger partial charge in [-0.05, 0) is 12.1 Å². The first kappa shape index (κ1) is 14.5. The van der Waals surface area contributed by atoms with Gasteiger partial charge in [-0.15, -0.1) is 0 Å². The van der Waals surface area contributed by atoms with Crippen molar-refractivity contribution in [3.8, 4) is 0 Å². The third-order valence-electron chi connectivity index (χ3n) is 2.19. The van der Waals surface area contributed by atoms with E-state index < -0.39 is 37.9 Å². The van der Waals surface area contributed by atoms with Crippen LogP contribution in [0.3, 0.4) is 0 Å². The lowest BCUT2D eigenvalue weighted by molar-refractivity contribution is -0.140. The monoisotopic (exact) mass is 266 g/mol. The predicted octanol–water partition coefficient (Wildman–Crippen LogP) is 0.133. The van der Waals surface area contributed by atoms with Crippen molar-refractivity contribution >= 4 is 5.91 Å². The summed E-state index contributed by atoms with van der Waals surface area (Å²) in [6.45, 7) is -2.27. The van der Waals surface area contributed by atoms with Crippen molar-refractivity contribution in [3.05, 3.63) is 24.0 Å². The van der Waals surface area contributed by atoms with E-state index in [-0.39, 0.29) is 5.69 Å². The van der Waals surface area contributed by atoms with E-state index >= 15 is 0 Å². The average molecular weight is 266 g/mol. The zero-order valence-electron chi connectivity index (χ0n) is 9.31. The third kappa shape index (κ3) is 4.04. The lowest BCUT2D eigenvalue weighted by Crippen LogP contribution is -2.41. The maximum absolute atomic E-state index is 12.2. The summed E-state index contributed by atoms with van der Waals surface area (Å²) < 4.78 is 37.4. The Morgan fingerprint density at radius 3 is 2.50 bits per heavy atom. The number of hydrogen-bond acceptors (Lipinski definition) is 3. The Labute approximate surface area is 101 Å². The molecule has 102 valence electrons. The number of hydrogen-bond donors (Lipinski definition) is 3. The summed E-state index contributed by atoms with van der Waals surface area (Å²) in [5.74, 6) is -0.780. The van der Waals surface area contributed by atoms with E-state index in [2.05, 4.69) is 5.32 Å². The molecule has 0 aliphatic rings. The smallest absolute Gasteiger partial charge is 0.394 e. The van der Waals surface area contributed by atoms with Crippen molar-refractivity contribution in [2.45, 2.75) is 18.8 Å². The van der Waals surface area contributed by atoms with Crippen molar-refractivity contribution in [3.63, 3.8) is 0 Å². The van der Waals surface area contributed by atoms with Crippen LogP contribution in [0.4, 0.5) is 13.2 Å². The molecule has 0 radical (unpaired) electrons. The predicted molar refractivity (Wildman–Crippen MR) is 55.9 cm³/mol. The topological polar surface area (TPSA) is 74.5 Å². The van der Waals surface area contributed by atoms with Crippen molar-refractivity contribution in [1.82, 2.24) is 9.88 Å². The van der Waals surface area contributed by atoms with Crippen molar-refractivity contribution in [1.29, 1.82) is 0 Å². The van der Waals surface area contributed by atoms with Gasteiger partial charge in [0.25, 0.3) is 5.91 Å². The Kier molecular flexibility index (Phi) is 4.74. The molecule has 5 nitrogen and oxygen atoms in total. The minimum absolute atomic E-state index is 0.181. The van der Waals surface area contributed by atoms with Crippen LogP contribution in [0.15, 0.2) is 18.3 Å². The zero-order valence-corrected chi connectivity index (χ0v) is 9.31. The molecule has 0 saturated heterocycles. The van der Waals surface area contributed by atoms with Gasteiger partial charge in [0, 0.05) is 6.20 Å². The van der Waals surface area contributed by atoms with Gasteiger partial charge in [-0.2, -0.15) is 13.2 Å². The Balaban J connectivity index is 2.77. The molecular weight excluding hydrogens is 253 g/mol. The molecule has 0 saturated carbocycles. The molecule has 0 atom stereocenters. The van der Waals surface area contributed by atoms with Crippen LogP contribution in [0.25, 0.3) is 0 Å². The summed E-state index contributed by atoms with van der Waals surface area (Å²) >= 11 is 0. The van der Waals surface area contributed by atoms with Gasteiger partial charge in [-0.1, -0.05) is 0 Å². The van der Waals surface area contributed by atoms with Gasteiger partial charge >= 0.3 is 6.18 Å². The van der Waals surface area contributed by atoms with Crippen LogP contribution in [-0.2, 0) is 6.54 Å². The standard InChI is InChI=1S/C10H13F3N2O3/c11-10(12,13)6-15-3-1-2-8(15)9(18)14-7(4-16)5-17/h1-3,7,16-17H,4-6H2,(H,14,18). The summed E-state index contributed by atoms with van der Waals surface area (Å²) in [5, 5.41) is 19.8. The number of aromatic nitrogens is 1. The molecule has 0 bridgehead atoms. The molecule has 1 rings (SSSR count). The highest BCUT2D eigenvalue weighted by Gasteiger charge is 2.29. The highest BCUT2D eigenvalue weighted by atomic mass is 19.4. The molecule has 0 fully saturated rings. The second kappa shape index (κ2) is 5.87. The first-order chi connectivity index (χ1) is 8.37. The quantitative estimate of drug-likeness (QED) is 0.709. The molecule has 0 spiro atoms. The van der Waals surface area contributed by atoms with E-state index in [9.17, 15) is 18.0 Å². The number of nitrogens with one attached hydrogen (secondary N) is 1. The maximum Gasteiger partial charge on any atom is 0.406 e. The molecule has 3 N–H and O–H groups in total. The lowest BCUT2D eigenvalue weighted by Gasteiger charge is -2.15. The third-order valence-corrected chi connectivity index (χ3v) is 2.19. The number of carbonyl (C=O) groups excluding carboxylic acids is 1. The molecule has 1 heterocycles. The summed E-state index contributed by atoms with van der Waals surface area (Å²) in [6.07, 6.45) is -3.29. The van der Waals surface area contributed by atoms with Crippen LogP contribution in [0.1, 0.15) is 10.5 Å². The number of halogens is 3. The Morgan fingerprint density at radius 2 is 2.00 bits per heavy atom. The van der Waals surface area contributed by atoms with E-state index in [0.717, 1.165) is 10.8 Å². The second-order valence-electron chi connectivity index (χ2n) is 3.67. The number of amides is 1. The summed E-state index contributed by atoms with van der Waals surface area (Å²) in [6, 6.07) is 1.65. The fourth-order valence-corrected chi connectivity index (χ4v) is 1.36. The van der Waals surface area contributed by atoms with E-state index in [1.165, 1.54) is 12.1 Å². The fourth-order valence-electron chi connectivity index (χ4n) is 1.36. The number of alkyl halides is 3. The normalized spacial score (nSPS) is 11.9. The Hall–Kier alpha value is -1.54. The Bertz CT molecular complexity index is 399. The molecule has 0 aliphatic carbocycles. The summed E-state index contributed by atoms with van der Waals surface area (Å²) in [5.41, 5.74) is -0.181. The summed E-state index contributed by atoms with van der Waals surface area (Å²) in [7, 11) is 0. The fraction of sp³-hybridized carbons (Fsp3) is 0.500. The van der Waals surface area contributed by atoms with Crippen molar-refractivity contribution in [2.24, 2.45) is 0 Å². The Morgan fingerprint density at radius 1 is 1.39 bits per heavy atom. The lowest BCUT2D eigenvalue weighted by atomic mass is 10.3. The first-order valence-electron chi connectivity index (χ1n) is 5.12. The molecular formula is C10H13F3N2O3. The summed E-state index contributed by atoms with van der Waals surface area (Å²) in [4.78, 5) is 11.6. The minimum atomic E-state index is -4.43. The molecule has 0 aromatic carbocycles. The first-order valence-corrected chi connectivity index (χ1v) is 5.12. The molecule has 0 unspecified atom stereocenters. The van der Waals surface area contributed by atoms with Gasteiger partial charge in [-0.3, -0.25) is 4.79 Å². The number of nitrogens with zero attached hydrogens (tertiary/aromatic N) is 1. The largest absolute Gasteiger partial charge is 0.406 e. The average Bonchev–Trinajstić information content (AvgIpc) is 2.71. The van der Waals surface area contributed by atoms with Crippen LogP contribution in [0.5, 0.6) is 0 Å². The van der Waals surface area contributed by atoms with Crippen LogP contribution in [0.2, 0.25) is 0 Å². The number of aliphatic hydroxyl groups is 2. The van der Waals surface area contributed by atoms with Crippen molar-refractivity contribution in [2.75, 3.05) is 13.2 Å². The molecule has 8 heteroatoms. The van der Waals surface area contributed by atoms with Crippen molar-refractivity contribution < 1.29 is 28.2 Å². The maximum atomic E-state index is 12.2. The van der Waals surface area contributed by atoms with Gasteiger partial charge in [0.15, 0.2) is 0 Å². The van der Waals surface area contributed by atoms with Gasteiger partial charge in [0.2, 0.25) is 0 Å². The van der Waals surface area contributed by atoms with Crippen LogP contribution >= 0.6 is 0 Å². The number of rotatable bonds is 5. The highest BCUT2D eigenvalue weighted by Crippen LogP contribution is 2.19. The van der Waals surface area contributed by atoms with Gasteiger partial charge in [0.1, 0.15) is 12.2 Å². The zero-order chi connectivity index (χ0) is 13.8. The van der Waals surface area contributed by atoms with Crippen LogP contribution in [-0.4, -0.2) is 46.1 Å². The van der Waals surface area contributed by atoms with E-state index in [4.69, 9.17) is 10.2 Å². The van der Waals surface area contributed by atoms with Crippen LogP contribution < -0.4 is 5.32 Å². The second-order valence-corrected chi connectivity index (χ2v) is 3.67. The molecule has 18 heavy (non-hydrogen) atoms. The van der Waals surface area contributed by atoms with E-state index in [0.29, 0.717) is 0 Å². The SMILES string of the molecule is O=C(NC(CO)CO)c1cccn1CC(F)(F)F. The van der Waals surface area contributed by atoms with E-state index in [1.807, 2.05) is 0 Å². The molecule has 0 aliphatic heterocycles. The molecule has 1 aromatic heterocycles. The molecule has 1 aromatic rings. The highest BCUT2D eigenvalue weighted by molar-refractivity contribution is 5.92. The van der Waals surface area contributed by atoms with E-state index in [1.54, 1.807) is 0 Å². The number of aliphatic hydroxyl groups excluding tert-OH is 2. The van der Waals surface area contributed by atoms with Gasteiger partial charge in [-0.25, -0.2) is 0 Å². The van der Waals surface area contributed by atoms with Gasteiger partial charge in [0.05, 0.1) is 19.3 Å². The van der Waals surface area contributed by atoms with Gasteiger partial charge < -0.3 is 20.1 Å². The number of carbonyl (C=O) groups is 1. The molecule has 1 amide bonds. The minimum Gasteiger partial charge on any atom is -0.394 e.